The molecule has 0 heterocycles. The minimum absolute atomic E-state index is 0. The normalized spacial score (nSPS) is 6.62. The fourth-order valence-corrected chi connectivity index (χ4v) is 0.201. The molecule has 0 bridgehead atoms. The van der Waals surface area contributed by atoms with E-state index in [1.54, 1.807) is 6.92 Å². The van der Waals surface area contributed by atoms with Gasteiger partial charge in [-0.15, -0.1) is 0 Å². The van der Waals surface area contributed by atoms with Crippen molar-refractivity contribution in [3.63, 3.8) is 0 Å². The van der Waals surface area contributed by atoms with Gasteiger partial charge in [0, 0.05) is 13.5 Å². The third-order valence-corrected chi connectivity index (χ3v) is 0.453. The van der Waals surface area contributed by atoms with Crippen molar-refractivity contribution in [1.82, 2.24) is 0 Å². The summed E-state index contributed by atoms with van der Waals surface area (Å²) in [5, 5.41) is 0. The number of esters is 1. The molecule has 0 spiro atoms. The van der Waals surface area contributed by atoms with Crippen LogP contribution in [0.5, 0.6) is 0 Å². The molecule has 4 radical (unpaired) electrons. The molecule has 0 amide bonds. The van der Waals surface area contributed by atoms with Gasteiger partial charge in [0.2, 0.25) is 0 Å². The second-order valence-corrected chi connectivity index (χ2v) is 0.956. The molecule has 2 nitrogen and oxygen atoms in total. The fraction of sp³-hybridized carbons (Fsp3) is 0.333. The van der Waals surface area contributed by atoms with E-state index in [1.165, 1.54) is 0 Å². The summed E-state index contributed by atoms with van der Waals surface area (Å²) in [6.07, 6.45) is 1.14. The summed E-state index contributed by atoms with van der Waals surface area (Å²) in [5.74, 6) is -0.359. The summed E-state index contributed by atoms with van der Waals surface area (Å²) in [4.78, 5) is 10.1. The monoisotopic (exact) mass is 112 g/mol. The molecule has 0 unspecified atom stereocenters. The standard InChI is InChI=1S/C5H8O2.C/c1-3-5(6)7-4-2;/h3H,1,4H2,2H3;. The third-order valence-electron chi connectivity index (χ3n) is 0.453. The minimum atomic E-state index is -0.359. The molecule has 0 fully saturated rings. The molecule has 44 valence electrons. The van der Waals surface area contributed by atoms with Crippen LogP contribution in [0.2, 0.25) is 0 Å². The van der Waals surface area contributed by atoms with E-state index in [-0.39, 0.29) is 13.4 Å². The molecule has 0 aromatic heterocycles. The molecular formula is C6H8O2. The maximum Gasteiger partial charge on any atom is 0.330 e. The number of carbonyl (C=O) groups excluding carboxylic acids is 1. The largest absolute Gasteiger partial charge is 0.463 e. The Morgan fingerprint density at radius 2 is 2.38 bits per heavy atom. The average molecular weight is 112 g/mol. The second kappa shape index (κ2) is 6.21. The van der Waals surface area contributed by atoms with Gasteiger partial charge in [0.15, 0.2) is 0 Å². The Balaban J connectivity index is 0. The molecule has 0 aliphatic carbocycles. The van der Waals surface area contributed by atoms with E-state index in [0.29, 0.717) is 6.61 Å². The average Bonchev–Trinajstić information content (AvgIpc) is 1.68. The minimum Gasteiger partial charge on any atom is -0.463 e. The molecule has 0 saturated carbocycles. The molecule has 0 aromatic rings. The van der Waals surface area contributed by atoms with Crippen molar-refractivity contribution in [3.05, 3.63) is 20.1 Å². The fourth-order valence-electron chi connectivity index (χ4n) is 0.201. The van der Waals surface area contributed by atoms with Crippen LogP contribution in [-0.4, -0.2) is 12.6 Å². The Hall–Kier alpha value is -0.790. The lowest BCUT2D eigenvalue weighted by Gasteiger charge is -1.90. The van der Waals surface area contributed by atoms with Gasteiger partial charge in [0.1, 0.15) is 0 Å². The number of carbonyl (C=O) groups is 1. The van der Waals surface area contributed by atoms with Crippen LogP contribution < -0.4 is 0 Å². The summed E-state index contributed by atoms with van der Waals surface area (Å²) in [6, 6.07) is 0. The van der Waals surface area contributed by atoms with E-state index < -0.39 is 0 Å². The first-order valence-corrected chi connectivity index (χ1v) is 2.10. The van der Waals surface area contributed by atoms with Crippen molar-refractivity contribution in [3.8, 4) is 0 Å². The molecule has 0 aliphatic heterocycles. The van der Waals surface area contributed by atoms with Crippen LogP contribution in [-0.2, 0) is 9.53 Å². The molecule has 8 heavy (non-hydrogen) atoms. The Morgan fingerprint density at radius 1 is 1.88 bits per heavy atom. The maximum atomic E-state index is 10.1. The first-order valence-electron chi connectivity index (χ1n) is 2.10. The topological polar surface area (TPSA) is 26.3 Å². The summed E-state index contributed by atoms with van der Waals surface area (Å²) in [7, 11) is 0. The zero-order chi connectivity index (χ0) is 5.70. The smallest absolute Gasteiger partial charge is 0.330 e. The molecular weight excluding hydrogens is 104 g/mol. The van der Waals surface area contributed by atoms with E-state index in [0.717, 1.165) is 6.08 Å². The van der Waals surface area contributed by atoms with Gasteiger partial charge in [0.05, 0.1) is 6.61 Å². The van der Waals surface area contributed by atoms with Gasteiger partial charge in [-0.2, -0.15) is 0 Å². The van der Waals surface area contributed by atoms with Crippen LogP contribution in [0.25, 0.3) is 0 Å². The Morgan fingerprint density at radius 3 is 2.50 bits per heavy atom. The Bertz CT molecular complexity index is 76.6. The van der Waals surface area contributed by atoms with Crippen molar-refractivity contribution in [2.45, 2.75) is 6.92 Å². The zero-order valence-corrected chi connectivity index (χ0v) is 4.81. The van der Waals surface area contributed by atoms with Gasteiger partial charge in [-0.25, -0.2) is 4.79 Å². The van der Waals surface area contributed by atoms with E-state index in [9.17, 15) is 4.79 Å². The number of rotatable bonds is 2. The quantitative estimate of drug-likeness (QED) is 0.390. The first kappa shape index (κ1) is 10.2. The SMILES string of the molecule is C=CC(=O)OCC.[C]. The van der Waals surface area contributed by atoms with E-state index in [1.807, 2.05) is 0 Å². The zero-order valence-electron chi connectivity index (χ0n) is 4.81. The van der Waals surface area contributed by atoms with E-state index in [4.69, 9.17) is 0 Å². The third kappa shape index (κ3) is 5.21. The maximum absolute atomic E-state index is 10.1. The van der Waals surface area contributed by atoms with Gasteiger partial charge < -0.3 is 4.74 Å². The molecule has 0 rings (SSSR count). The predicted octanol–water partition coefficient (Wildman–Crippen LogP) is 0.817. The first-order chi connectivity index (χ1) is 3.31. The van der Waals surface area contributed by atoms with Crippen molar-refractivity contribution < 1.29 is 9.53 Å². The van der Waals surface area contributed by atoms with Crippen molar-refractivity contribution >= 4 is 5.97 Å². The highest BCUT2D eigenvalue weighted by molar-refractivity contribution is 5.81. The molecule has 0 aromatic carbocycles. The van der Waals surface area contributed by atoms with Gasteiger partial charge in [-0.05, 0) is 6.92 Å². The Kier molecular flexibility index (Phi) is 7.95. The summed E-state index contributed by atoms with van der Waals surface area (Å²) >= 11 is 0. The highest BCUT2D eigenvalue weighted by Gasteiger charge is 1.86. The van der Waals surface area contributed by atoms with Crippen molar-refractivity contribution in [2.24, 2.45) is 0 Å². The lowest BCUT2D eigenvalue weighted by Crippen LogP contribution is -1.97. The molecule has 0 saturated heterocycles. The van der Waals surface area contributed by atoms with Gasteiger partial charge >= 0.3 is 5.97 Å². The van der Waals surface area contributed by atoms with E-state index >= 15 is 0 Å². The summed E-state index contributed by atoms with van der Waals surface area (Å²) in [6.45, 7) is 5.38. The van der Waals surface area contributed by atoms with Gasteiger partial charge in [0.25, 0.3) is 0 Å². The lowest BCUT2D eigenvalue weighted by molar-refractivity contribution is -0.137. The van der Waals surface area contributed by atoms with Crippen molar-refractivity contribution in [2.75, 3.05) is 6.61 Å². The predicted molar refractivity (Wildman–Crippen MR) is 30.1 cm³/mol. The highest BCUT2D eigenvalue weighted by atomic mass is 16.5. The summed E-state index contributed by atoms with van der Waals surface area (Å²) < 4.78 is 4.43. The second-order valence-electron chi connectivity index (χ2n) is 0.956. The van der Waals surface area contributed by atoms with Crippen LogP contribution in [0.4, 0.5) is 0 Å². The van der Waals surface area contributed by atoms with Gasteiger partial charge in [-0.1, -0.05) is 6.58 Å². The lowest BCUT2D eigenvalue weighted by atomic mass is 10.6. The van der Waals surface area contributed by atoms with Crippen LogP contribution in [0.1, 0.15) is 6.92 Å². The molecule has 0 N–H and O–H groups in total. The molecule has 2 heteroatoms. The molecule has 0 aliphatic rings. The Labute approximate surface area is 50.2 Å². The molecule has 0 atom stereocenters. The van der Waals surface area contributed by atoms with Gasteiger partial charge in [-0.3, -0.25) is 0 Å². The van der Waals surface area contributed by atoms with Crippen LogP contribution >= 0.6 is 0 Å². The number of ether oxygens (including phenoxy) is 1. The number of hydrogen-bond donors (Lipinski definition) is 0. The van der Waals surface area contributed by atoms with Crippen LogP contribution in [0.15, 0.2) is 12.7 Å². The van der Waals surface area contributed by atoms with Crippen LogP contribution in [0, 0.1) is 7.43 Å². The number of hydrogen-bond acceptors (Lipinski definition) is 2. The van der Waals surface area contributed by atoms with E-state index in [2.05, 4.69) is 11.3 Å². The van der Waals surface area contributed by atoms with Crippen molar-refractivity contribution in [1.29, 1.82) is 0 Å². The summed E-state index contributed by atoms with van der Waals surface area (Å²) in [5.41, 5.74) is 0. The van der Waals surface area contributed by atoms with Crippen LogP contribution in [0.3, 0.4) is 0 Å². The highest BCUT2D eigenvalue weighted by Crippen LogP contribution is 1.74.